The van der Waals surface area contributed by atoms with E-state index < -0.39 is 6.10 Å². The van der Waals surface area contributed by atoms with Crippen LogP contribution in [0.25, 0.3) is 0 Å². The summed E-state index contributed by atoms with van der Waals surface area (Å²) >= 11 is 0. The second-order valence-electron chi connectivity index (χ2n) is 5.38. The number of benzene rings is 1. The van der Waals surface area contributed by atoms with Crippen molar-refractivity contribution in [2.24, 2.45) is 11.8 Å². The van der Waals surface area contributed by atoms with E-state index in [0.29, 0.717) is 13.2 Å². The molecule has 0 saturated heterocycles. The first-order chi connectivity index (χ1) is 9.00. The Morgan fingerprint density at radius 2 is 1.84 bits per heavy atom. The van der Waals surface area contributed by atoms with Gasteiger partial charge in [0, 0.05) is 12.3 Å². The van der Waals surface area contributed by atoms with Crippen LogP contribution in [0.4, 0.5) is 0 Å². The maximum Gasteiger partial charge on any atom is 0.140 e. The summed E-state index contributed by atoms with van der Waals surface area (Å²) in [6, 6.07) is 9.88. The molecule has 2 atom stereocenters. The summed E-state index contributed by atoms with van der Waals surface area (Å²) in [6.45, 7) is 6.59. The highest BCUT2D eigenvalue weighted by Crippen LogP contribution is 2.11. The highest BCUT2D eigenvalue weighted by atomic mass is 16.5. The smallest absolute Gasteiger partial charge is 0.140 e. The van der Waals surface area contributed by atoms with E-state index in [9.17, 15) is 9.90 Å². The van der Waals surface area contributed by atoms with Crippen LogP contribution >= 0.6 is 0 Å². The SMILES string of the molecule is CC(C)[C@H](O)CC(=O)[C@@H](C)COCc1ccccc1. The Morgan fingerprint density at radius 1 is 1.21 bits per heavy atom. The van der Waals surface area contributed by atoms with E-state index in [1.807, 2.05) is 51.1 Å². The number of aliphatic hydroxyl groups excluding tert-OH is 1. The molecule has 1 N–H and O–H groups in total. The third-order valence-electron chi connectivity index (χ3n) is 3.21. The molecule has 3 heteroatoms. The predicted octanol–water partition coefficient (Wildman–Crippen LogP) is 2.82. The average Bonchev–Trinajstić information content (AvgIpc) is 2.39. The van der Waals surface area contributed by atoms with E-state index in [4.69, 9.17) is 4.74 Å². The van der Waals surface area contributed by atoms with Gasteiger partial charge in [-0.25, -0.2) is 0 Å². The van der Waals surface area contributed by atoms with Gasteiger partial charge in [0.25, 0.3) is 0 Å². The molecule has 3 nitrogen and oxygen atoms in total. The summed E-state index contributed by atoms with van der Waals surface area (Å²) in [6.07, 6.45) is -0.336. The summed E-state index contributed by atoms with van der Waals surface area (Å²) < 4.78 is 5.54. The average molecular weight is 264 g/mol. The molecule has 1 aromatic carbocycles. The van der Waals surface area contributed by atoms with Crippen LogP contribution in [0.1, 0.15) is 32.8 Å². The maximum atomic E-state index is 11.9. The van der Waals surface area contributed by atoms with Gasteiger partial charge in [-0.2, -0.15) is 0 Å². The summed E-state index contributed by atoms with van der Waals surface area (Å²) in [7, 11) is 0. The molecule has 1 rings (SSSR count). The molecular weight excluding hydrogens is 240 g/mol. The Hall–Kier alpha value is -1.19. The number of carbonyl (C=O) groups is 1. The molecule has 1 aromatic rings. The number of Topliss-reactive ketones (excluding diaryl/α,β-unsaturated/α-hetero) is 1. The van der Waals surface area contributed by atoms with Gasteiger partial charge in [-0.15, -0.1) is 0 Å². The number of hydrogen-bond acceptors (Lipinski definition) is 3. The highest BCUT2D eigenvalue weighted by Gasteiger charge is 2.19. The summed E-state index contributed by atoms with van der Waals surface area (Å²) in [5.74, 6) is 0.00719. The van der Waals surface area contributed by atoms with Crippen LogP contribution in [0.2, 0.25) is 0 Å². The second-order valence-corrected chi connectivity index (χ2v) is 5.38. The Labute approximate surface area is 115 Å². The lowest BCUT2D eigenvalue weighted by atomic mass is 9.96. The first-order valence-corrected chi connectivity index (χ1v) is 6.83. The molecule has 0 aliphatic rings. The van der Waals surface area contributed by atoms with Gasteiger partial charge in [-0.1, -0.05) is 51.1 Å². The van der Waals surface area contributed by atoms with Crippen molar-refractivity contribution >= 4 is 5.78 Å². The predicted molar refractivity (Wildman–Crippen MR) is 75.7 cm³/mol. The van der Waals surface area contributed by atoms with Crippen molar-refractivity contribution in [1.29, 1.82) is 0 Å². The van der Waals surface area contributed by atoms with Crippen LogP contribution < -0.4 is 0 Å². The third-order valence-corrected chi connectivity index (χ3v) is 3.21. The van der Waals surface area contributed by atoms with Gasteiger partial charge in [-0.05, 0) is 11.5 Å². The third kappa shape index (κ3) is 5.99. The largest absolute Gasteiger partial charge is 0.392 e. The molecule has 106 valence electrons. The van der Waals surface area contributed by atoms with E-state index in [-0.39, 0.29) is 24.0 Å². The minimum atomic E-state index is -0.552. The first kappa shape index (κ1) is 15.9. The fraction of sp³-hybridized carbons (Fsp3) is 0.562. The van der Waals surface area contributed by atoms with Crippen LogP contribution in [0.5, 0.6) is 0 Å². The van der Waals surface area contributed by atoms with E-state index in [2.05, 4.69) is 0 Å². The van der Waals surface area contributed by atoms with Crippen LogP contribution in [-0.4, -0.2) is 23.6 Å². The summed E-state index contributed by atoms with van der Waals surface area (Å²) in [5, 5.41) is 9.69. The molecule has 0 spiro atoms. The summed E-state index contributed by atoms with van der Waals surface area (Å²) in [4.78, 5) is 11.9. The van der Waals surface area contributed by atoms with Gasteiger partial charge in [0.15, 0.2) is 0 Å². The molecule has 0 aliphatic heterocycles. The number of rotatable bonds is 8. The Morgan fingerprint density at radius 3 is 2.42 bits per heavy atom. The molecule has 0 amide bonds. The normalized spacial score (nSPS) is 14.4. The fourth-order valence-corrected chi connectivity index (χ4v) is 1.66. The van der Waals surface area contributed by atoms with E-state index in [1.54, 1.807) is 0 Å². The number of hydrogen-bond donors (Lipinski definition) is 1. The number of aliphatic hydroxyl groups is 1. The monoisotopic (exact) mass is 264 g/mol. The lowest BCUT2D eigenvalue weighted by molar-refractivity contribution is -0.126. The van der Waals surface area contributed by atoms with E-state index >= 15 is 0 Å². The van der Waals surface area contributed by atoms with Crippen LogP contribution in [0.3, 0.4) is 0 Å². The zero-order valence-electron chi connectivity index (χ0n) is 12.0. The van der Waals surface area contributed by atoms with Crippen LogP contribution in [0.15, 0.2) is 30.3 Å². The van der Waals surface area contributed by atoms with E-state index in [1.165, 1.54) is 0 Å². The Kier molecular flexibility index (Phi) is 6.74. The Bertz CT molecular complexity index is 373. The van der Waals surface area contributed by atoms with Crippen molar-refractivity contribution in [2.45, 2.75) is 39.9 Å². The van der Waals surface area contributed by atoms with Gasteiger partial charge >= 0.3 is 0 Å². The minimum absolute atomic E-state index is 0.0641. The Balaban J connectivity index is 2.27. The lowest BCUT2D eigenvalue weighted by Crippen LogP contribution is -2.25. The molecule has 0 saturated carbocycles. The maximum absolute atomic E-state index is 11.9. The van der Waals surface area contributed by atoms with Gasteiger partial charge in [0.2, 0.25) is 0 Å². The molecule has 0 aromatic heterocycles. The van der Waals surface area contributed by atoms with Crippen molar-refractivity contribution in [3.63, 3.8) is 0 Å². The van der Waals surface area contributed by atoms with Crippen molar-refractivity contribution in [2.75, 3.05) is 6.61 Å². The quantitative estimate of drug-likeness (QED) is 0.785. The molecular formula is C16H24O3. The van der Waals surface area contributed by atoms with Gasteiger partial charge in [-0.3, -0.25) is 4.79 Å². The molecule has 0 aliphatic carbocycles. The number of ether oxygens (including phenoxy) is 1. The molecule has 0 heterocycles. The van der Waals surface area contributed by atoms with Gasteiger partial charge in [0.1, 0.15) is 5.78 Å². The molecule has 19 heavy (non-hydrogen) atoms. The highest BCUT2D eigenvalue weighted by molar-refractivity contribution is 5.81. The fourth-order valence-electron chi connectivity index (χ4n) is 1.66. The second kappa shape index (κ2) is 8.08. The van der Waals surface area contributed by atoms with Crippen LogP contribution in [-0.2, 0) is 16.1 Å². The molecule has 0 radical (unpaired) electrons. The van der Waals surface area contributed by atoms with Crippen molar-refractivity contribution in [3.05, 3.63) is 35.9 Å². The summed E-state index contributed by atoms with van der Waals surface area (Å²) in [5.41, 5.74) is 1.10. The zero-order chi connectivity index (χ0) is 14.3. The van der Waals surface area contributed by atoms with Gasteiger partial charge < -0.3 is 9.84 Å². The van der Waals surface area contributed by atoms with Gasteiger partial charge in [0.05, 0.1) is 19.3 Å². The molecule has 0 fully saturated rings. The van der Waals surface area contributed by atoms with Crippen molar-refractivity contribution in [1.82, 2.24) is 0 Å². The molecule has 0 bridgehead atoms. The zero-order valence-corrected chi connectivity index (χ0v) is 12.0. The van der Waals surface area contributed by atoms with Crippen LogP contribution in [0, 0.1) is 11.8 Å². The minimum Gasteiger partial charge on any atom is -0.392 e. The molecule has 0 unspecified atom stereocenters. The number of carbonyl (C=O) groups excluding carboxylic acids is 1. The van der Waals surface area contributed by atoms with E-state index in [0.717, 1.165) is 5.56 Å². The van der Waals surface area contributed by atoms with Crippen molar-refractivity contribution in [3.8, 4) is 0 Å². The first-order valence-electron chi connectivity index (χ1n) is 6.83. The number of ketones is 1. The van der Waals surface area contributed by atoms with Crippen molar-refractivity contribution < 1.29 is 14.6 Å². The standard InChI is InChI=1S/C16H24O3/c1-12(2)15(17)9-16(18)13(3)10-19-11-14-7-5-4-6-8-14/h4-8,12-13,15,17H,9-11H2,1-3H3/t13-,15+/m0/s1. The lowest BCUT2D eigenvalue weighted by Gasteiger charge is -2.16. The topological polar surface area (TPSA) is 46.5 Å².